The van der Waals surface area contributed by atoms with Crippen LogP contribution in [0.2, 0.25) is 5.02 Å². The lowest BCUT2D eigenvalue weighted by Gasteiger charge is -2.40. The van der Waals surface area contributed by atoms with E-state index < -0.39 is 0 Å². The third-order valence-electron chi connectivity index (χ3n) is 3.58. The Morgan fingerprint density at radius 1 is 1.44 bits per heavy atom. The second-order valence-electron chi connectivity index (χ2n) is 4.48. The van der Waals surface area contributed by atoms with Gasteiger partial charge in [0.25, 0.3) is 0 Å². The number of halogens is 1. The van der Waals surface area contributed by atoms with E-state index in [9.17, 15) is 0 Å². The van der Waals surface area contributed by atoms with Gasteiger partial charge in [0.15, 0.2) is 0 Å². The molecule has 1 aromatic rings. The molecule has 1 aliphatic rings. The van der Waals surface area contributed by atoms with Crippen molar-refractivity contribution in [1.82, 2.24) is 0 Å². The van der Waals surface area contributed by atoms with Crippen LogP contribution >= 0.6 is 11.6 Å². The molecule has 1 aromatic carbocycles. The molecular formula is C13H18ClNO. The highest BCUT2D eigenvalue weighted by atomic mass is 35.5. The van der Waals surface area contributed by atoms with Crippen molar-refractivity contribution in [3.05, 3.63) is 28.8 Å². The standard InChI is InChI=1S/C13H18ClNO/c1-3-13(4-2)8-11(15)10-6-5-9(14)7-12(10)16-13/h5-7,11H,3-4,8,15H2,1-2H3. The van der Waals surface area contributed by atoms with Crippen LogP contribution in [0.1, 0.15) is 44.7 Å². The van der Waals surface area contributed by atoms with Crippen molar-refractivity contribution >= 4 is 11.6 Å². The van der Waals surface area contributed by atoms with Crippen LogP contribution in [0.3, 0.4) is 0 Å². The number of nitrogens with two attached hydrogens (primary N) is 1. The molecule has 1 atom stereocenters. The van der Waals surface area contributed by atoms with Crippen LogP contribution in [0.5, 0.6) is 5.75 Å². The van der Waals surface area contributed by atoms with Crippen molar-refractivity contribution in [2.45, 2.75) is 44.8 Å². The van der Waals surface area contributed by atoms with Crippen LogP contribution < -0.4 is 10.5 Å². The summed E-state index contributed by atoms with van der Waals surface area (Å²) in [4.78, 5) is 0. The van der Waals surface area contributed by atoms with E-state index in [0.29, 0.717) is 5.02 Å². The van der Waals surface area contributed by atoms with Crippen molar-refractivity contribution in [3.8, 4) is 5.75 Å². The molecule has 1 heterocycles. The molecule has 0 aliphatic carbocycles. The predicted octanol–water partition coefficient (Wildman–Crippen LogP) is 3.68. The normalized spacial score (nSPS) is 22.4. The van der Waals surface area contributed by atoms with Crippen LogP contribution in [-0.2, 0) is 0 Å². The highest BCUT2D eigenvalue weighted by Gasteiger charge is 2.36. The van der Waals surface area contributed by atoms with Crippen molar-refractivity contribution in [2.75, 3.05) is 0 Å². The minimum Gasteiger partial charge on any atom is -0.487 e. The van der Waals surface area contributed by atoms with Crippen LogP contribution in [0.15, 0.2) is 18.2 Å². The maximum Gasteiger partial charge on any atom is 0.126 e. The van der Waals surface area contributed by atoms with E-state index in [4.69, 9.17) is 22.1 Å². The van der Waals surface area contributed by atoms with Crippen molar-refractivity contribution in [1.29, 1.82) is 0 Å². The molecule has 1 unspecified atom stereocenters. The zero-order valence-electron chi connectivity index (χ0n) is 9.79. The Morgan fingerprint density at radius 3 is 2.75 bits per heavy atom. The number of ether oxygens (including phenoxy) is 1. The van der Waals surface area contributed by atoms with Gasteiger partial charge in [-0.1, -0.05) is 31.5 Å². The summed E-state index contributed by atoms with van der Waals surface area (Å²) >= 11 is 5.98. The van der Waals surface area contributed by atoms with Gasteiger partial charge in [-0.2, -0.15) is 0 Å². The summed E-state index contributed by atoms with van der Waals surface area (Å²) < 4.78 is 6.10. The Labute approximate surface area is 102 Å². The van der Waals surface area contributed by atoms with Gasteiger partial charge in [0.05, 0.1) is 0 Å². The molecule has 2 N–H and O–H groups in total. The van der Waals surface area contributed by atoms with E-state index in [2.05, 4.69) is 13.8 Å². The average molecular weight is 240 g/mol. The van der Waals surface area contributed by atoms with Gasteiger partial charge >= 0.3 is 0 Å². The minimum absolute atomic E-state index is 0.0564. The topological polar surface area (TPSA) is 35.2 Å². The zero-order chi connectivity index (χ0) is 11.8. The van der Waals surface area contributed by atoms with Crippen LogP contribution in [0.25, 0.3) is 0 Å². The summed E-state index contributed by atoms with van der Waals surface area (Å²) in [6.45, 7) is 4.29. The average Bonchev–Trinajstić information content (AvgIpc) is 2.28. The second kappa shape index (κ2) is 4.27. The quantitative estimate of drug-likeness (QED) is 0.855. The minimum atomic E-state index is -0.114. The van der Waals surface area contributed by atoms with Gasteiger partial charge in [-0.15, -0.1) is 0 Å². The third-order valence-corrected chi connectivity index (χ3v) is 3.82. The van der Waals surface area contributed by atoms with Crippen molar-refractivity contribution in [2.24, 2.45) is 5.73 Å². The van der Waals surface area contributed by atoms with E-state index in [1.165, 1.54) is 0 Å². The third kappa shape index (κ3) is 1.92. The summed E-state index contributed by atoms with van der Waals surface area (Å²) in [5.41, 5.74) is 7.16. The molecule has 0 fully saturated rings. The fraction of sp³-hybridized carbons (Fsp3) is 0.538. The van der Waals surface area contributed by atoms with Crippen LogP contribution in [0, 0.1) is 0 Å². The molecule has 0 bridgehead atoms. The zero-order valence-corrected chi connectivity index (χ0v) is 10.6. The Balaban J connectivity index is 2.41. The maximum absolute atomic E-state index is 6.20. The fourth-order valence-corrected chi connectivity index (χ4v) is 2.53. The fourth-order valence-electron chi connectivity index (χ4n) is 2.37. The van der Waals surface area contributed by atoms with E-state index in [-0.39, 0.29) is 11.6 Å². The van der Waals surface area contributed by atoms with E-state index in [0.717, 1.165) is 30.6 Å². The Morgan fingerprint density at radius 2 is 2.12 bits per heavy atom. The largest absolute Gasteiger partial charge is 0.487 e. The Hall–Kier alpha value is -0.730. The van der Waals surface area contributed by atoms with Crippen LogP contribution in [-0.4, -0.2) is 5.60 Å². The van der Waals surface area contributed by atoms with Gasteiger partial charge in [0, 0.05) is 23.0 Å². The molecule has 3 heteroatoms. The number of fused-ring (bicyclic) bond motifs is 1. The molecule has 0 aromatic heterocycles. The first-order valence-corrected chi connectivity index (χ1v) is 6.22. The molecule has 88 valence electrons. The molecule has 0 spiro atoms. The Bertz CT molecular complexity index is 388. The molecule has 2 rings (SSSR count). The highest BCUT2D eigenvalue weighted by Crippen LogP contribution is 2.42. The predicted molar refractivity (Wildman–Crippen MR) is 66.9 cm³/mol. The van der Waals surface area contributed by atoms with Crippen molar-refractivity contribution in [3.63, 3.8) is 0 Å². The molecule has 0 radical (unpaired) electrons. The lowest BCUT2D eigenvalue weighted by atomic mass is 9.84. The molecular weight excluding hydrogens is 222 g/mol. The monoisotopic (exact) mass is 239 g/mol. The van der Waals surface area contributed by atoms with Gasteiger partial charge in [-0.05, 0) is 25.0 Å². The smallest absolute Gasteiger partial charge is 0.126 e. The van der Waals surface area contributed by atoms with E-state index >= 15 is 0 Å². The van der Waals surface area contributed by atoms with Crippen LogP contribution in [0.4, 0.5) is 0 Å². The highest BCUT2D eigenvalue weighted by molar-refractivity contribution is 6.30. The second-order valence-corrected chi connectivity index (χ2v) is 4.92. The molecule has 0 saturated heterocycles. The first-order valence-electron chi connectivity index (χ1n) is 5.84. The summed E-state index contributed by atoms with van der Waals surface area (Å²) in [7, 11) is 0. The first kappa shape index (κ1) is 11.7. The summed E-state index contributed by atoms with van der Waals surface area (Å²) in [6.07, 6.45) is 2.83. The summed E-state index contributed by atoms with van der Waals surface area (Å²) in [5.74, 6) is 0.856. The summed E-state index contributed by atoms with van der Waals surface area (Å²) in [5, 5.41) is 0.703. The number of rotatable bonds is 2. The van der Waals surface area contributed by atoms with Gasteiger partial charge in [0.1, 0.15) is 11.4 Å². The first-order chi connectivity index (χ1) is 7.60. The van der Waals surface area contributed by atoms with Gasteiger partial charge in [-0.25, -0.2) is 0 Å². The molecule has 0 saturated carbocycles. The molecule has 1 aliphatic heterocycles. The SMILES string of the molecule is CCC1(CC)CC(N)c2ccc(Cl)cc2O1. The molecule has 2 nitrogen and oxygen atoms in total. The summed E-state index contributed by atoms with van der Waals surface area (Å²) in [6, 6.07) is 5.77. The lowest BCUT2D eigenvalue weighted by Crippen LogP contribution is -2.41. The maximum atomic E-state index is 6.20. The number of benzene rings is 1. The van der Waals surface area contributed by atoms with Gasteiger partial charge < -0.3 is 10.5 Å². The Kier molecular flexibility index (Phi) is 3.13. The van der Waals surface area contributed by atoms with E-state index in [1.807, 2.05) is 18.2 Å². The number of hydrogen-bond acceptors (Lipinski definition) is 2. The van der Waals surface area contributed by atoms with Crippen molar-refractivity contribution < 1.29 is 4.74 Å². The van der Waals surface area contributed by atoms with Gasteiger partial charge in [0.2, 0.25) is 0 Å². The molecule has 16 heavy (non-hydrogen) atoms. The number of hydrogen-bond donors (Lipinski definition) is 1. The lowest BCUT2D eigenvalue weighted by molar-refractivity contribution is 0.0282. The van der Waals surface area contributed by atoms with Gasteiger partial charge in [-0.3, -0.25) is 0 Å². The molecule has 0 amide bonds. The van der Waals surface area contributed by atoms with E-state index in [1.54, 1.807) is 0 Å².